The van der Waals surface area contributed by atoms with Crippen LogP contribution in [0.1, 0.15) is 27.6 Å². The van der Waals surface area contributed by atoms with Gasteiger partial charge in [0.2, 0.25) is 5.82 Å². The van der Waals surface area contributed by atoms with Crippen LogP contribution in [0.5, 0.6) is 5.88 Å². The molecule has 0 unspecified atom stereocenters. The molecule has 2 heterocycles. The summed E-state index contributed by atoms with van der Waals surface area (Å²) in [7, 11) is 0. The van der Waals surface area contributed by atoms with E-state index in [1.165, 1.54) is 0 Å². The van der Waals surface area contributed by atoms with E-state index in [0.717, 1.165) is 16.6 Å². The molecule has 1 fully saturated rings. The van der Waals surface area contributed by atoms with Crippen LogP contribution < -0.4 is 15.0 Å². The third kappa shape index (κ3) is 5.39. The summed E-state index contributed by atoms with van der Waals surface area (Å²) in [6.45, 7) is 0.233. The summed E-state index contributed by atoms with van der Waals surface area (Å²) in [5, 5.41) is 13.1. The lowest BCUT2D eigenvalue weighted by molar-refractivity contribution is 0.0975. The largest absolute Gasteiger partial charge is 0.472 e. The number of aromatic nitrogens is 2. The summed E-state index contributed by atoms with van der Waals surface area (Å²) < 4.78 is 58.2. The Morgan fingerprint density at radius 1 is 1.52 bits per heavy atom. The smallest absolute Gasteiger partial charge is 0.270 e. The summed E-state index contributed by atoms with van der Waals surface area (Å²) >= 11 is 0.730. The first-order chi connectivity index (χ1) is 11.7. The molecular weight excluding hydrogens is 292 g/mol. The molecule has 1 aliphatic heterocycles. The summed E-state index contributed by atoms with van der Waals surface area (Å²) in [5.41, 5.74) is -0.289. The Labute approximate surface area is 136 Å². The number of rotatable bonds is 6. The van der Waals surface area contributed by atoms with Gasteiger partial charge in [-0.2, -0.15) is 4.37 Å². The maximum atomic E-state index is 10.1. The number of nitrogens with one attached hydrogen (secondary N) is 1. The highest BCUT2D eigenvalue weighted by molar-refractivity contribution is 6.99. The molecule has 1 saturated heterocycles. The van der Waals surface area contributed by atoms with Gasteiger partial charge in [0.15, 0.2) is 0 Å². The fourth-order valence-electron chi connectivity index (χ4n) is 1.45. The molecule has 0 bridgehead atoms. The molecule has 1 aromatic rings. The Kier molecular flexibility index (Phi) is 3.75. The van der Waals surface area contributed by atoms with Gasteiger partial charge in [-0.3, -0.25) is 0 Å². The van der Waals surface area contributed by atoms with Gasteiger partial charge < -0.3 is 24.8 Å². The maximum Gasteiger partial charge on any atom is 0.270 e. The number of anilines is 1. The number of morpholine rings is 1. The Hall–Kier alpha value is -0.960. The van der Waals surface area contributed by atoms with E-state index in [0.29, 0.717) is 0 Å². The van der Waals surface area contributed by atoms with Crippen LogP contribution >= 0.6 is 11.7 Å². The van der Waals surface area contributed by atoms with E-state index in [4.69, 9.17) is 16.3 Å². The third-order valence-corrected chi connectivity index (χ3v) is 3.00. The minimum atomic E-state index is -2.15. The van der Waals surface area contributed by atoms with Crippen LogP contribution in [-0.4, -0.2) is 64.8 Å². The lowest BCUT2D eigenvalue weighted by atomic mass is 10.1. The zero-order valence-corrected chi connectivity index (χ0v) is 13.2. The number of ether oxygens (including phenoxy) is 2. The van der Waals surface area contributed by atoms with E-state index in [-0.39, 0.29) is 37.0 Å². The van der Waals surface area contributed by atoms with Crippen molar-refractivity contribution in [2.75, 3.05) is 44.3 Å². The van der Waals surface area contributed by atoms with Crippen molar-refractivity contribution in [2.45, 2.75) is 32.4 Å². The maximum absolute atomic E-state index is 10.1. The number of hydrogen-bond donors (Lipinski definition) is 2. The van der Waals surface area contributed by atoms with E-state index in [2.05, 4.69) is 14.1 Å². The summed E-state index contributed by atoms with van der Waals surface area (Å²) in [5.74, 6) is -0.251. The molecule has 0 spiro atoms. The van der Waals surface area contributed by atoms with Gasteiger partial charge in [0.1, 0.15) is 12.7 Å². The van der Waals surface area contributed by atoms with E-state index in [1.807, 2.05) is 20.8 Å². The van der Waals surface area contributed by atoms with Crippen LogP contribution in [0, 0.1) is 0 Å². The average Bonchev–Trinajstić information content (AvgIpc) is 2.88. The monoisotopic (exact) mass is 321 g/mol. The minimum Gasteiger partial charge on any atom is -0.472 e. The first kappa shape index (κ1) is 10.7. The summed E-state index contributed by atoms with van der Waals surface area (Å²) in [6, 6.07) is 0. The van der Waals surface area contributed by atoms with Crippen LogP contribution in [0.25, 0.3) is 0 Å². The lowest BCUT2D eigenvalue weighted by Crippen LogP contribution is -2.42. The minimum absolute atomic E-state index is 0.0530. The van der Waals surface area contributed by atoms with Gasteiger partial charge >= 0.3 is 0 Å². The topological polar surface area (TPSA) is 79.7 Å². The number of β-amino-alcohol motifs (C(OH)–C–C–N with tert-alkyl or cyclic N) is 1. The molecule has 2 rings (SSSR count). The van der Waals surface area contributed by atoms with Gasteiger partial charge in [0.05, 0.1) is 31.8 Å². The van der Waals surface area contributed by atoms with Crippen molar-refractivity contribution < 1.29 is 21.4 Å². The molecule has 120 valence electrons. The fourth-order valence-corrected chi connectivity index (χ4v) is 1.94. The Morgan fingerprint density at radius 3 is 2.90 bits per heavy atom. The lowest BCUT2D eigenvalue weighted by Gasteiger charge is -2.27. The second-order valence-corrected chi connectivity index (χ2v) is 6.02. The van der Waals surface area contributed by atoms with Gasteiger partial charge in [-0.15, -0.1) is 4.37 Å². The summed E-state index contributed by atoms with van der Waals surface area (Å²) in [6.07, 6.45) is -1.95. The second-order valence-electron chi connectivity index (χ2n) is 5.50. The third-order valence-electron chi connectivity index (χ3n) is 2.50. The van der Waals surface area contributed by atoms with Crippen molar-refractivity contribution in [2.24, 2.45) is 0 Å². The normalized spacial score (nSPS) is 27.6. The van der Waals surface area contributed by atoms with Gasteiger partial charge in [0, 0.05) is 25.1 Å². The second kappa shape index (κ2) is 7.35. The first-order valence-corrected chi connectivity index (χ1v) is 7.28. The molecule has 7 nitrogen and oxygen atoms in total. The quantitative estimate of drug-likeness (QED) is 0.790. The molecule has 0 aliphatic carbocycles. The molecule has 0 radical (unpaired) electrons. The number of nitrogens with zero attached hydrogens (tertiary/aromatic N) is 3. The van der Waals surface area contributed by atoms with E-state index >= 15 is 0 Å². The van der Waals surface area contributed by atoms with Crippen LogP contribution in [0.4, 0.5) is 5.82 Å². The van der Waals surface area contributed by atoms with Crippen molar-refractivity contribution in [3.05, 3.63) is 0 Å². The Bertz CT molecular complexity index is 607. The van der Waals surface area contributed by atoms with Crippen molar-refractivity contribution in [3.8, 4) is 5.88 Å². The number of aliphatic hydroxyl groups is 1. The highest BCUT2D eigenvalue weighted by atomic mass is 32.1. The van der Waals surface area contributed by atoms with Gasteiger partial charge in [-0.1, -0.05) is 0 Å². The van der Waals surface area contributed by atoms with E-state index < -0.39 is 25.7 Å². The molecule has 0 saturated carbocycles. The summed E-state index contributed by atoms with van der Waals surface area (Å²) in [4.78, 5) is 0.832. The van der Waals surface area contributed by atoms with Crippen LogP contribution in [-0.2, 0) is 4.74 Å². The molecule has 1 atom stereocenters. The Balaban J connectivity index is 2.13. The highest BCUT2D eigenvalue weighted by Gasteiger charge is 2.21. The van der Waals surface area contributed by atoms with Crippen molar-refractivity contribution in [1.82, 2.24) is 14.1 Å². The first-order valence-electron chi connectivity index (χ1n) is 9.04. The van der Waals surface area contributed by atoms with Crippen LogP contribution in [0.2, 0.25) is 0 Å². The highest BCUT2D eigenvalue weighted by Crippen LogP contribution is 2.26. The van der Waals surface area contributed by atoms with E-state index in [9.17, 15) is 5.11 Å². The zero-order valence-electron chi connectivity index (χ0n) is 17.3. The molecule has 2 N–H and O–H groups in total. The molecule has 8 heteroatoms. The van der Waals surface area contributed by atoms with E-state index in [1.54, 1.807) is 0 Å². The molecular formula is C13H24N4O3S. The van der Waals surface area contributed by atoms with Crippen LogP contribution in [0.3, 0.4) is 0 Å². The average molecular weight is 321 g/mol. The van der Waals surface area contributed by atoms with Crippen LogP contribution in [0.15, 0.2) is 0 Å². The van der Waals surface area contributed by atoms with Gasteiger partial charge in [-0.25, -0.2) is 0 Å². The Morgan fingerprint density at radius 2 is 2.24 bits per heavy atom. The fraction of sp³-hybridized carbons (Fsp3) is 0.846. The molecule has 1 aromatic heterocycles. The van der Waals surface area contributed by atoms with Crippen molar-refractivity contribution in [3.63, 3.8) is 0 Å². The van der Waals surface area contributed by atoms with Crippen molar-refractivity contribution in [1.29, 1.82) is 0 Å². The van der Waals surface area contributed by atoms with Gasteiger partial charge in [0.25, 0.3) is 5.88 Å². The standard InChI is InChI=1S/C13H24N4O3S/c1-13(2,3)14-8-10(18)9-20-12-11(15-21-16-12)17-4-6-19-7-5-17/h10,14,18H,4-9H2,1-3H3/t10-/m1/s1/i4D2,5D2,10D. The number of hydrogen-bond acceptors (Lipinski definition) is 8. The molecule has 0 aromatic carbocycles. The van der Waals surface area contributed by atoms with Gasteiger partial charge in [-0.05, 0) is 20.8 Å². The molecule has 1 aliphatic rings. The predicted octanol–water partition coefficient (Wildman–Crippen LogP) is 0.502. The predicted molar refractivity (Wildman–Crippen MR) is 82.2 cm³/mol. The molecule has 21 heavy (non-hydrogen) atoms. The zero-order chi connectivity index (χ0) is 19.8. The van der Waals surface area contributed by atoms with Crippen molar-refractivity contribution >= 4 is 17.5 Å². The SMILES string of the molecule is [2H]C1([2H])COCC([2H])([2H])N1c1nsnc1OC[C@]([2H])(O)CNC(C)(C)C. The molecule has 0 amide bonds.